The van der Waals surface area contributed by atoms with Gasteiger partial charge in [-0.2, -0.15) is 0 Å². The van der Waals surface area contributed by atoms with Crippen LogP contribution in [0.5, 0.6) is 0 Å². The van der Waals surface area contributed by atoms with E-state index in [9.17, 15) is 14.4 Å². The summed E-state index contributed by atoms with van der Waals surface area (Å²) in [5, 5.41) is 0. The molecular formula is C57H90O6. The number of hydrogen-bond donors (Lipinski definition) is 0. The zero-order valence-corrected chi connectivity index (χ0v) is 40.3. The van der Waals surface area contributed by atoms with Gasteiger partial charge in [-0.05, 0) is 103 Å². The predicted octanol–water partition coefficient (Wildman–Crippen LogP) is 16.5. The van der Waals surface area contributed by atoms with Gasteiger partial charge in [0, 0.05) is 19.3 Å². The molecule has 63 heavy (non-hydrogen) atoms. The number of unbranched alkanes of at least 4 members (excludes halogenated alkanes) is 15. The molecule has 6 nitrogen and oxygen atoms in total. The molecule has 0 heterocycles. The molecule has 0 fully saturated rings. The summed E-state index contributed by atoms with van der Waals surface area (Å²) in [6, 6.07) is 0. The summed E-state index contributed by atoms with van der Waals surface area (Å²) < 4.78 is 16.7. The maximum atomic E-state index is 12.8. The Hall–Kier alpha value is -4.19. The van der Waals surface area contributed by atoms with E-state index in [1.807, 2.05) is 36.5 Å². The largest absolute Gasteiger partial charge is 0.462 e. The molecule has 0 aromatic carbocycles. The first-order valence-corrected chi connectivity index (χ1v) is 25.1. The van der Waals surface area contributed by atoms with Gasteiger partial charge in [-0.25, -0.2) is 0 Å². The maximum absolute atomic E-state index is 12.8. The summed E-state index contributed by atoms with van der Waals surface area (Å²) in [6.45, 7) is 6.26. The third-order valence-corrected chi connectivity index (χ3v) is 10.0. The van der Waals surface area contributed by atoms with Crippen molar-refractivity contribution in [1.29, 1.82) is 0 Å². The van der Waals surface area contributed by atoms with Crippen LogP contribution in [0.15, 0.2) is 122 Å². The second-order valence-corrected chi connectivity index (χ2v) is 16.0. The summed E-state index contributed by atoms with van der Waals surface area (Å²) in [7, 11) is 0. The number of ether oxygens (including phenoxy) is 3. The standard InChI is InChI=1S/C57H90O6/c1-4-7-10-13-16-19-22-25-27-28-30-32-35-38-41-44-47-50-56(59)62-53-54(52-61-55(58)49-46-43-40-37-34-31-24-21-18-15-12-9-6-3)63-57(60)51-48-45-42-39-36-33-29-26-23-20-17-14-11-8-5-2/h7,9-10,12,15-16,18-21,23-25,27,30-32,34,38,41,54H,4-6,8,11,13-14,17,22,26,28-29,33,35-37,39-40,42-53H2,1-3H3/b10-7+,12-9+,18-15+,19-16+,23-20+,24-21+,27-25+,32-30+,34-31+,41-38+. The Morgan fingerprint density at radius 3 is 1.25 bits per heavy atom. The van der Waals surface area contributed by atoms with Crippen LogP contribution in [-0.4, -0.2) is 37.2 Å². The molecule has 6 heteroatoms. The fraction of sp³-hybridized carbons (Fsp3) is 0.596. The number of carbonyl (C=O) groups excluding carboxylic acids is 3. The minimum atomic E-state index is -0.822. The Balaban J connectivity index is 4.56. The van der Waals surface area contributed by atoms with E-state index in [0.717, 1.165) is 89.9 Å². The lowest BCUT2D eigenvalue weighted by Crippen LogP contribution is -2.30. The molecule has 0 aromatic rings. The van der Waals surface area contributed by atoms with Crippen molar-refractivity contribution in [1.82, 2.24) is 0 Å². The molecular weight excluding hydrogens is 781 g/mol. The summed E-state index contributed by atoms with van der Waals surface area (Å²) in [5.74, 6) is -1.03. The van der Waals surface area contributed by atoms with Gasteiger partial charge in [-0.1, -0.05) is 200 Å². The van der Waals surface area contributed by atoms with E-state index in [2.05, 4.69) is 106 Å². The van der Waals surface area contributed by atoms with Gasteiger partial charge in [0.1, 0.15) is 13.2 Å². The van der Waals surface area contributed by atoms with Crippen molar-refractivity contribution in [2.24, 2.45) is 0 Å². The van der Waals surface area contributed by atoms with Crippen LogP contribution in [0.4, 0.5) is 0 Å². The fourth-order valence-corrected chi connectivity index (χ4v) is 6.30. The zero-order valence-electron chi connectivity index (χ0n) is 40.3. The molecule has 0 aliphatic carbocycles. The Morgan fingerprint density at radius 1 is 0.349 bits per heavy atom. The van der Waals surface area contributed by atoms with Crippen LogP contribution < -0.4 is 0 Å². The van der Waals surface area contributed by atoms with E-state index in [1.165, 1.54) is 64.2 Å². The normalized spacial score (nSPS) is 13.1. The first-order chi connectivity index (χ1) is 31.0. The molecule has 0 aromatic heterocycles. The van der Waals surface area contributed by atoms with Crippen molar-refractivity contribution in [2.45, 2.75) is 207 Å². The van der Waals surface area contributed by atoms with E-state index < -0.39 is 6.10 Å². The third-order valence-electron chi connectivity index (χ3n) is 10.0. The van der Waals surface area contributed by atoms with Crippen LogP contribution in [0.25, 0.3) is 0 Å². The number of esters is 3. The number of allylic oxidation sites excluding steroid dienone is 20. The topological polar surface area (TPSA) is 78.9 Å². The van der Waals surface area contributed by atoms with Gasteiger partial charge in [0.2, 0.25) is 0 Å². The van der Waals surface area contributed by atoms with Gasteiger partial charge in [-0.3, -0.25) is 14.4 Å². The fourth-order valence-electron chi connectivity index (χ4n) is 6.30. The summed E-state index contributed by atoms with van der Waals surface area (Å²) >= 11 is 0. The second-order valence-electron chi connectivity index (χ2n) is 16.0. The lowest BCUT2D eigenvalue weighted by Gasteiger charge is -2.18. The van der Waals surface area contributed by atoms with Crippen LogP contribution in [-0.2, 0) is 28.6 Å². The smallest absolute Gasteiger partial charge is 0.306 e. The number of carbonyl (C=O) groups is 3. The Morgan fingerprint density at radius 2 is 0.714 bits per heavy atom. The molecule has 0 radical (unpaired) electrons. The highest BCUT2D eigenvalue weighted by molar-refractivity contribution is 5.71. The van der Waals surface area contributed by atoms with Gasteiger partial charge >= 0.3 is 17.9 Å². The highest BCUT2D eigenvalue weighted by Crippen LogP contribution is 2.13. The molecule has 0 saturated carbocycles. The second kappa shape index (κ2) is 50.5. The lowest BCUT2D eigenvalue weighted by molar-refractivity contribution is -0.167. The first kappa shape index (κ1) is 58.8. The zero-order chi connectivity index (χ0) is 45.8. The summed E-state index contributed by atoms with van der Waals surface area (Å²) in [4.78, 5) is 37.9. The molecule has 0 rings (SSSR count). The van der Waals surface area contributed by atoms with Crippen molar-refractivity contribution >= 4 is 17.9 Å². The van der Waals surface area contributed by atoms with Crippen LogP contribution in [0.1, 0.15) is 201 Å². The first-order valence-electron chi connectivity index (χ1n) is 25.1. The van der Waals surface area contributed by atoms with E-state index in [1.54, 1.807) is 0 Å². The molecule has 0 aliphatic heterocycles. The van der Waals surface area contributed by atoms with E-state index in [0.29, 0.717) is 19.3 Å². The maximum Gasteiger partial charge on any atom is 0.306 e. The Labute approximate surface area is 386 Å². The van der Waals surface area contributed by atoms with Crippen LogP contribution in [0.3, 0.4) is 0 Å². The summed E-state index contributed by atoms with van der Waals surface area (Å²) in [6.07, 6.45) is 69.0. The Bertz CT molecular complexity index is 1370. The minimum Gasteiger partial charge on any atom is -0.462 e. The van der Waals surface area contributed by atoms with Gasteiger partial charge in [0.25, 0.3) is 0 Å². The molecule has 0 N–H and O–H groups in total. The molecule has 0 aliphatic rings. The molecule has 0 bridgehead atoms. The Kier molecular flexibility index (Phi) is 47.1. The molecule has 1 atom stereocenters. The van der Waals surface area contributed by atoms with Crippen LogP contribution in [0.2, 0.25) is 0 Å². The van der Waals surface area contributed by atoms with Gasteiger partial charge in [0.05, 0.1) is 0 Å². The van der Waals surface area contributed by atoms with Crippen molar-refractivity contribution in [3.8, 4) is 0 Å². The minimum absolute atomic E-state index is 0.121. The SMILES string of the molecule is CC/C=C/C=C/C=C/C=C/CCCCCC(=O)OCC(COC(=O)CCC/C=C/C/C=C/C/C=C/C/C=C/C/C=C/CC)OC(=O)CCCCCCCCC/C=C/CCCCCC. The third kappa shape index (κ3) is 48.7. The predicted molar refractivity (Wildman–Crippen MR) is 269 cm³/mol. The molecule has 1 unspecified atom stereocenters. The van der Waals surface area contributed by atoms with Gasteiger partial charge < -0.3 is 14.2 Å². The lowest BCUT2D eigenvalue weighted by atomic mass is 10.1. The number of hydrogen-bond acceptors (Lipinski definition) is 6. The van der Waals surface area contributed by atoms with E-state index in [4.69, 9.17) is 14.2 Å². The molecule has 0 spiro atoms. The molecule has 0 amide bonds. The van der Waals surface area contributed by atoms with Crippen molar-refractivity contribution in [3.63, 3.8) is 0 Å². The average Bonchev–Trinajstić information content (AvgIpc) is 3.28. The van der Waals surface area contributed by atoms with Crippen molar-refractivity contribution in [2.75, 3.05) is 13.2 Å². The number of rotatable bonds is 43. The molecule has 0 saturated heterocycles. The molecule has 354 valence electrons. The van der Waals surface area contributed by atoms with Crippen molar-refractivity contribution in [3.05, 3.63) is 122 Å². The van der Waals surface area contributed by atoms with Gasteiger partial charge in [-0.15, -0.1) is 0 Å². The quantitative estimate of drug-likeness (QED) is 0.0200. The highest BCUT2D eigenvalue weighted by atomic mass is 16.6. The average molecular weight is 871 g/mol. The monoisotopic (exact) mass is 871 g/mol. The summed E-state index contributed by atoms with van der Waals surface area (Å²) in [5.41, 5.74) is 0. The van der Waals surface area contributed by atoms with E-state index >= 15 is 0 Å². The van der Waals surface area contributed by atoms with Crippen molar-refractivity contribution < 1.29 is 28.6 Å². The highest BCUT2D eigenvalue weighted by Gasteiger charge is 2.19. The van der Waals surface area contributed by atoms with Crippen LogP contribution in [0, 0.1) is 0 Å². The van der Waals surface area contributed by atoms with Gasteiger partial charge in [0.15, 0.2) is 6.10 Å². The van der Waals surface area contributed by atoms with Crippen LogP contribution >= 0.6 is 0 Å². The van der Waals surface area contributed by atoms with E-state index in [-0.39, 0.29) is 37.5 Å².